The molecule has 0 rings (SSSR count). The van der Waals surface area contributed by atoms with Crippen molar-refractivity contribution in [2.45, 2.75) is 32.3 Å². The van der Waals surface area contributed by atoms with E-state index in [1.165, 1.54) is 0 Å². The van der Waals surface area contributed by atoms with E-state index in [1.807, 2.05) is 6.92 Å². The highest BCUT2D eigenvalue weighted by Gasteiger charge is 2.01. The number of hydrogen-bond donors (Lipinski definition) is 2. The molecule has 0 unspecified atom stereocenters. The van der Waals surface area contributed by atoms with E-state index in [2.05, 4.69) is 0 Å². The Balaban J connectivity index is 3.16. The summed E-state index contributed by atoms with van der Waals surface area (Å²) in [4.78, 5) is 10.1. The Hall–Kier alpha value is -0.570. The van der Waals surface area contributed by atoms with Crippen molar-refractivity contribution in [3.8, 4) is 0 Å². The van der Waals surface area contributed by atoms with Crippen LogP contribution in [-0.4, -0.2) is 17.1 Å². The van der Waals surface area contributed by atoms with E-state index in [-0.39, 0.29) is 18.4 Å². The topological polar surface area (TPSA) is 63.3 Å². The third-order valence-corrected chi connectivity index (χ3v) is 1.20. The number of amides is 1. The van der Waals surface area contributed by atoms with Crippen molar-refractivity contribution in [2.24, 2.45) is 5.73 Å². The van der Waals surface area contributed by atoms with Crippen LogP contribution in [0.15, 0.2) is 0 Å². The largest absolute Gasteiger partial charge is 0.393 e. The maximum Gasteiger partial charge on any atom is 0.217 e. The second-order valence-electron chi connectivity index (χ2n) is 2.07. The highest BCUT2D eigenvalue weighted by Crippen LogP contribution is 1.98. The molecule has 0 aliphatic rings. The molecule has 1 atom stereocenters. The average molecular weight is 131 g/mol. The van der Waals surface area contributed by atoms with Gasteiger partial charge in [-0.2, -0.15) is 0 Å². The van der Waals surface area contributed by atoms with Gasteiger partial charge in [0, 0.05) is 6.42 Å². The normalized spacial score (nSPS) is 13.1. The number of carbonyl (C=O) groups excluding carboxylic acids is 1. The molecule has 0 aliphatic heterocycles. The lowest BCUT2D eigenvalue weighted by molar-refractivity contribution is -0.118. The molecule has 3 heteroatoms. The van der Waals surface area contributed by atoms with Gasteiger partial charge in [0.25, 0.3) is 0 Å². The van der Waals surface area contributed by atoms with Gasteiger partial charge in [0.15, 0.2) is 0 Å². The highest BCUT2D eigenvalue weighted by molar-refractivity contribution is 5.73. The molecule has 3 N–H and O–H groups in total. The van der Waals surface area contributed by atoms with E-state index in [0.29, 0.717) is 12.8 Å². The second-order valence-corrected chi connectivity index (χ2v) is 2.07. The van der Waals surface area contributed by atoms with E-state index in [9.17, 15) is 4.79 Å². The summed E-state index contributed by atoms with van der Waals surface area (Å²) < 4.78 is 0. The Kier molecular flexibility index (Phi) is 4.05. The van der Waals surface area contributed by atoms with Crippen LogP contribution in [0.3, 0.4) is 0 Å². The molecule has 0 saturated heterocycles. The molecule has 3 nitrogen and oxygen atoms in total. The lowest BCUT2D eigenvalue weighted by Gasteiger charge is -2.03. The van der Waals surface area contributed by atoms with Crippen molar-refractivity contribution in [1.82, 2.24) is 0 Å². The lowest BCUT2D eigenvalue weighted by atomic mass is 10.1. The molecule has 0 heterocycles. The minimum atomic E-state index is -0.363. The molecule has 0 radical (unpaired) electrons. The van der Waals surface area contributed by atoms with Gasteiger partial charge in [0.05, 0.1) is 6.10 Å². The van der Waals surface area contributed by atoms with Gasteiger partial charge in [-0.3, -0.25) is 4.79 Å². The molecule has 0 fully saturated rings. The Bertz CT molecular complexity index is 93.1. The lowest BCUT2D eigenvalue weighted by Crippen LogP contribution is -2.14. The van der Waals surface area contributed by atoms with E-state index in [1.54, 1.807) is 0 Å². The van der Waals surface area contributed by atoms with Crippen molar-refractivity contribution in [2.75, 3.05) is 0 Å². The summed E-state index contributed by atoms with van der Waals surface area (Å²) in [7, 11) is 0. The molecule has 9 heavy (non-hydrogen) atoms. The Morgan fingerprint density at radius 2 is 2.33 bits per heavy atom. The van der Waals surface area contributed by atoms with Gasteiger partial charge in [-0.25, -0.2) is 0 Å². The number of carbonyl (C=O) groups is 1. The monoisotopic (exact) mass is 131 g/mol. The summed E-state index contributed by atoms with van der Waals surface area (Å²) in [5, 5.41) is 8.90. The Morgan fingerprint density at radius 3 is 2.67 bits per heavy atom. The molecule has 0 aliphatic carbocycles. The van der Waals surface area contributed by atoms with Crippen molar-refractivity contribution < 1.29 is 9.90 Å². The molecule has 0 saturated carbocycles. The van der Waals surface area contributed by atoms with Crippen LogP contribution in [0.5, 0.6) is 0 Å². The van der Waals surface area contributed by atoms with Crippen molar-refractivity contribution in [3.05, 3.63) is 0 Å². The zero-order valence-corrected chi connectivity index (χ0v) is 5.63. The summed E-state index contributed by atoms with van der Waals surface area (Å²) in [6.07, 6.45) is 1.10. The van der Waals surface area contributed by atoms with Crippen LogP contribution in [0.4, 0.5) is 0 Å². The Labute approximate surface area is 54.9 Å². The first-order chi connectivity index (χ1) is 4.16. The van der Waals surface area contributed by atoms with E-state index >= 15 is 0 Å². The molecule has 54 valence electrons. The highest BCUT2D eigenvalue weighted by atomic mass is 16.3. The van der Waals surface area contributed by atoms with Gasteiger partial charge >= 0.3 is 0 Å². The summed E-state index contributed by atoms with van der Waals surface area (Å²) in [6, 6.07) is 0. The predicted octanol–water partition coefficient (Wildman–Crippen LogP) is 0.0228. The molecule has 0 aromatic heterocycles. The average Bonchev–Trinajstić information content (AvgIpc) is 1.83. The van der Waals surface area contributed by atoms with Crippen molar-refractivity contribution in [3.63, 3.8) is 0 Å². The van der Waals surface area contributed by atoms with Crippen LogP contribution in [-0.2, 0) is 4.79 Å². The maximum atomic E-state index is 10.1. The van der Waals surface area contributed by atoms with E-state index in [4.69, 9.17) is 10.8 Å². The zero-order valence-electron chi connectivity index (χ0n) is 5.63. The van der Waals surface area contributed by atoms with Gasteiger partial charge in [0.1, 0.15) is 0 Å². The first-order valence-corrected chi connectivity index (χ1v) is 3.13. The summed E-state index contributed by atoms with van der Waals surface area (Å²) in [6.45, 7) is 1.87. The maximum absolute atomic E-state index is 10.1. The minimum absolute atomic E-state index is 0.287. The summed E-state index contributed by atoms with van der Waals surface area (Å²) in [5.74, 6) is -0.345. The van der Waals surface area contributed by atoms with Gasteiger partial charge < -0.3 is 10.8 Å². The number of rotatable bonds is 4. The fraction of sp³-hybridized carbons (Fsp3) is 0.833. The molecule has 0 aromatic carbocycles. The number of primary amides is 1. The summed E-state index contributed by atoms with van der Waals surface area (Å²) in [5.41, 5.74) is 4.85. The van der Waals surface area contributed by atoms with Gasteiger partial charge in [-0.1, -0.05) is 6.92 Å². The molecular formula is C6H13NO2. The standard InChI is InChI=1S/C6H13NO2/c1-2-5(8)3-4-6(7)9/h5,8H,2-4H2,1H3,(H2,7,9)/t5-/m1/s1. The van der Waals surface area contributed by atoms with Crippen molar-refractivity contribution in [1.29, 1.82) is 0 Å². The van der Waals surface area contributed by atoms with E-state index in [0.717, 1.165) is 0 Å². The van der Waals surface area contributed by atoms with Crippen LogP contribution in [0, 0.1) is 0 Å². The van der Waals surface area contributed by atoms with Crippen molar-refractivity contribution >= 4 is 5.91 Å². The quantitative estimate of drug-likeness (QED) is 0.565. The predicted molar refractivity (Wildman–Crippen MR) is 34.7 cm³/mol. The summed E-state index contributed by atoms with van der Waals surface area (Å²) >= 11 is 0. The number of aliphatic hydroxyl groups excluding tert-OH is 1. The van der Waals surface area contributed by atoms with Crippen LogP contribution in [0.25, 0.3) is 0 Å². The Morgan fingerprint density at radius 1 is 1.78 bits per heavy atom. The van der Waals surface area contributed by atoms with Crippen LogP contribution in [0.2, 0.25) is 0 Å². The molecule has 0 bridgehead atoms. The SMILES string of the molecule is CC[C@@H](O)CCC(N)=O. The van der Waals surface area contributed by atoms with Gasteiger partial charge in [-0.05, 0) is 12.8 Å². The number of nitrogens with two attached hydrogens (primary N) is 1. The number of aliphatic hydroxyl groups is 1. The van der Waals surface area contributed by atoms with Crippen LogP contribution in [0.1, 0.15) is 26.2 Å². The first-order valence-electron chi connectivity index (χ1n) is 3.13. The number of hydrogen-bond acceptors (Lipinski definition) is 2. The molecule has 1 amide bonds. The smallest absolute Gasteiger partial charge is 0.217 e. The fourth-order valence-corrected chi connectivity index (χ4v) is 0.513. The van der Waals surface area contributed by atoms with Crippen LogP contribution >= 0.6 is 0 Å². The van der Waals surface area contributed by atoms with Crippen LogP contribution < -0.4 is 5.73 Å². The van der Waals surface area contributed by atoms with E-state index < -0.39 is 0 Å². The third kappa shape index (κ3) is 5.30. The van der Waals surface area contributed by atoms with Gasteiger partial charge in [-0.15, -0.1) is 0 Å². The minimum Gasteiger partial charge on any atom is -0.393 e. The first kappa shape index (κ1) is 8.43. The molecule has 0 spiro atoms. The third-order valence-electron chi connectivity index (χ3n) is 1.20. The van der Waals surface area contributed by atoms with Gasteiger partial charge in [0.2, 0.25) is 5.91 Å². The molecular weight excluding hydrogens is 118 g/mol. The zero-order chi connectivity index (χ0) is 7.28. The fourth-order valence-electron chi connectivity index (χ4n) is 0.513. The second kappa shape index (κ2) is 4.32. The molecule has 0 aromatic rings.